The number of hydrogen-bond donors (Lipinski definition) is 1. The van der Waals surface area contributed by atoms with E-state index in [1.165, 1.54) is 5.56 Å². The average molecular weight is 354 g/mol. The summed E-state index contributed by atoms with van der Waals surface area (Å²) in [7, 11) is 0. The van der Waals surface area contributed by atoms with E-state index in [0.717, 1.165) is 41.0 Å². The summed E-state index contributed by atoms with van der Waals surface area (Å²) in [4.78, 5) is 12.5. The molecule has 0 spiro atoms. The van der Waals surface area contributed by atoms with Gasteiger partial charge >= 0.3 is 0 Å². The minimum Gasteiger partial charge on any atom is -0.483 e. The Hall–Kier alpha value is -2.29. The Labute approximate surface area is 157 Å². The van der Waals surface area contributed by atoms with Gasteiger partial charge in [0.05, 0.1) is 0 Å². The summed E-state index contributed by atoms with van der Waals surface area (Å²) in [5.41, 5.74) is 5.52. The predicted molar refractivity (Wildman–Crippen MR) is 109 cm³/mol. The normalized spacial score (nSPS) is 11.3. The fraction of sp³-hybridized carbons (Fsp3) is 0.435. The second-order valence-electron chi connectivity index (χ2n) is 7.74. The van der Waals surface area contributed by atoms with E-state index >= 15 is 0 Å². The summed E-state index contributed by atoms with van der Waals surface area (Å²) < 4.78 is 5.89. The van der Waals surface area contributed by atoms with Crippen LogP contribution in [0, 0.1) is 6.92 Å². The highest BCUT2D eigenvalue weighted by molar-refractivity contribution is 5.93. The summed E-state index contributed by atoms with van der Waals surface area (Å²) in [5, 5.41) is 3.06. The third-order valence-electron chi connectivity index (χ3n) is 4.57. The average Bonchev–Trinajstić information content (AvgIpc) is 2.60. The van der Waals surface area contributed by atoms with Gasteiger partial charge in [-0.1, -0.05) is 70.5 Å². The Balaban J connectivity index is 2.14. The standard InChI is InChI=1S/C23H31NO2/c1-7-17-10-9-11-18(8-2)22(17)24-21(25)15-26-20-13-12-16(3)14-19(20)23(4,5)6/h9-14H,7-8,15H2,1-6H3,(H,24,25). The van der Waals surface area contributed by atoms with E-state index in [1.54, 1.807) is 0 Å². The molecule has 3 heteroatoms. The number of para-hydroxylation sites is 1. The number of nitrogens with one attached hydrogen (secondary N) is 1. The summed E-state index contributed by atoms with van der Waals surface area (Å²) in [6, 6.07) is 12.3. The molecule has 140 valence electrons. The first-order valence-corrected chi connectivity index (χ1v) is 9.40. The molecule has 0 unspecified atom stereocenters. The Bertz CT molecular complexity index is 750. The maximum absolute atomic E-state index is 12.5. The monoisotopic (exact) mass is 353 g/mol. The van der Waals surface area contributed by atoms with Crippen LogP contribution in [-0.2, 0) is 23.1 Å². The van der Waals surface area contributed by atoms with E-state index in [-0.39, 0.29) is 17.9 Å². The number of hydrogen-bond acceptors (Lipinski definition) is 2. The second kappa shape index (κ2) is 8.39. The Morgan fingerprint density at radius 2 is 1.65 bits per heavy atom. The molecule has 0 aliphatic rings. The number of carbonyl (C=O) groups is 1. The molecule has 2 rings (SSSR count). The minimum absolute atomic E-state index is 0.00729. The third kappa shape index (κ3) is 4.87. The van der Waals surface area contributed by atoms with Crippen molar-refractivity contribution >= 4 is 11.6 Å². The maximum atomic E-state index is 12.5. The number of aryl methyl sites for hydroxylation is 3. The first-order chi connectivity index (χ1) is 12.3. The van der Waals surface area contributed by atoms with Gasteiger partial charge in [0.2, 0.25) is 0 Å². The summed E-state index contributed by atoms with van der Waals surface area (Å²) >= 11 is 0. The van der Waals surface area contributed by atoms with Crippen LogP contribution in [0.5, 0.6) is 5.75 Å². The van der Waals surface area contributed by atoms with Gasteiger partial charge in [-0.15, -0.1) is 0 Å². The van der Waals surface area contributed by atoms with Crippen molar-refractivity contribution in [3.63, 3.8) is 0 Å². The lowest BCUT2D eigenvalue weighted by Gasteiger charge is -2.23. The molecule has 26 heavy (non-hydrogen) atoms. The lowest BCUT2D eigenvalue weighted by molar-refractivity contribution is -0.118. The zero-order valence-electron chi connectivity index (χ0n) is 16.9. The van der Waals surface area contributed by atoms with Crippen LogP contribution in [0.3, 0.4) is 0 Å². The molecule has 0 aromatic heterocycles. The third-order valence-corrected chi connectivity index (χ3v) is 4.57. The Kier molecular flexibility index (Phi) is 6.47. The van der Waals surface area contributed by atoms with Crippen LogP contribution < -0.4 is 10.1 Å². The van der Waals surface area contributed by atoms with Crippen LogP contribution in [0.25, 0.3) is 0 Å². The molecule has 2 aromatic rings. The van der Waals surface area contributed by atoms with Crippen molar-refractivity contribution in [2.24, 2.45) is 0 Å². The van der Waals surface area contributed by atoms with Crippen molar-refractivity contribution in [2.75, 3.05) is 11.9 Å². The molecule has 0 radical (unpaired) electrons. The van der Waals surface area contributed by atoms with Crippen LogP contribution >= 0.6 is 0 Å². The highest BCUT2D eigenvalue weighted by Gasteiger charge is 2.20. The molecule has 0 aliphatic carbocycles. The topological polar surface area (TPSA) is 38.3 Å². The first-order valence-electron chi connectivity index (χ1n) is 9.40. The molecule has 0 heterocycles. The predicted octanol–water partition coefficient (Wildman–Crippen LogP) is 5.43. The molecule has 1 N–H and O–H groups in total. The molecule has 0 bridgehead atoms. The molecule has 2 aromatic carbocycles. The van der Waals surface area contributed by atoms with Crippen molar-refractivity contribution in [1.29, 1.82) is 0 Å². The van der Waals surface area contributed by atoms with Gasteiger partial charge in [-0.3, -0.25) is 4.79 Å². The lowest BCUT2D eigenvalue weighted by Crippen LogP contribution is -2.23. The molecule has 0 saturated carbocycles. The van der Waals surface area contributed by atoms with Gasteiger partial charge < -0.3 is 10.1 Å². The molecule has 0 saturated heterocycles. The Morgan fingerprint density at radius 1 is 1.04 bits per heavy atom. The number of anilines is 1. The zero-order chi connectivity index (χ0) is 19.3. The van der Waals surface area contributed by atoms with E-state index in [4.69, 9.17) is 4.74 Å². The molecule has 1 amide bonds. The number of benzene rings is 2. The number of ether oxygens (including phenoxy) is 1. The van der Waals surface area contributed by atoms with Crippen molar-refractivity contribution in [2.45, 2.75) is 59.8 Å². The van der Waals surface area contributed by atoms with Crippen LogP contribution in [0.15, 0.2) is 36.4 Å². The summed E-state index contributed by atoms with van der Waals surface area (Å²) in [6.07, 6.45) is 1.77. The van der Waals surface area contributed by atoms with Crippen LogP contribution in [0.1, 0.15) is 56.9 Å². The summed E-state index contributed by atoms with van der Waals surface area (Å²) in [5.74, 6) is 0.652. The highest BCUT2D eigenvalue weighted by atomic mass is 16.5. The molecule has 0 aliphatic heterocycles. The van der Waals surface area contributed by atoms with Gasteiger partial charge in [0.25, 0.3) is 5.91 Å². The van der Waals surface area contributed by atoms with Gasteiger partial charge in [0, 0.05) is 5.69 Å². The van der Waals surface area contributed by atoms with E-state index in [9.17, 15) is 4.79 Å². The van der Waals surface area contributed by atoms with Crippen molar-refractivity contribution in [3.05, 3.63) is 58.7 Å². The SMILES string of the molecule is CCc1cccc(CC)c1NC(=O)COc1ccc(C)cc1C(C)(C)C. The van der Waals surface area contributed by atoms with Crippen molar-refractivity contribution < 1.29 is 9.53 Å². The molecular weight excluding hydrogens is 322 g/mol. The molecule has 3 nitrogen and oxygen atoms in total. The van der Waals surface area contributed by atoms with Gasteiger partial charge in [-0.05, 0) is 47.9 Å². The van der Waals surface area contributed by atoms with E-state index < -0.39 is 0 Å². The minimum atomic E-state index is -0.124. The highest BCUT2D eigenvalue weighted by Crippen LogP contribution is 2.32. The fourth-order valence-electron chi connectivity index (χ4n) is 3.08. The smallest absolute Gasteiger partial charge is 0.262 e. The number of rotatable bonds is 6. The van der Waals surface area contributed by atoms with Crippen LogP contribution in [0.2, 0.25) is 0 Å². The van der Waals surface area contributed by atoms with Crippen LogP contribution in [-0.4, -0.2) is 12.5 Å². The largest absolute Gasteiger partial charge is 0.483 e. The fourth-order valence-corrected chi connectivity index (χ4v) is 3.08. The quantitative estimate of drug-likeness (QED) is 0.751. The Morgan fingerprint density at radius 3 is 2.19 bits per heavy atom. The molecular formula is C23H31NO2. The van der Waals surface area contributed by atoms with Crippen molar-refractivity contribution in [3.8, 4) is 5.75 Å². The molecule has 0 atom stereocenters. The number of amides is 1. The molecule has 0 fully saturated rings. The first kappa shape index (κ1) is 20.0. The maximum Gasteiger partial charge on any atom is 0.262 e. The van der Waals surface area contributed by atoms with Crippen LogP contribution in [0.4, 0.5) is 5.69 Å². The van der Waals surface area contributed by atoms with Crippen molar-refractivity contribution in [1.82, 2.24) is 0 Å². The van der Waals surface area contributed by atoms with Gasteiger partial charge in [0.15, 0.2) is 6.61 Å². The van der Waals surface area contributed by atoms with Gasteiger partial charge in [-0.25, -0.2) is 0 Å². The van der Waals surface area contributed by atoms with E-state index in [1.807, 2.05) is 18.2 Å². The van der Waals surface area contributed by atoms with E-state index in [0.29, 0.717) is 0 Å². The van der Waals surface area contributed by atoms with E-state index in [2.05, 4.69) is 65.1 Å². The summed E-state index contributed by atoms with van der Waals surface area (Å²) in [6.45, 7) is 12.7. The van der Waals surface area contributed by atoms with Gasteiger partial charge in [-0.2, -0.15) is 0 Å². The zero-order valence-corrected chi connectivity index (χ0v) is 16.9. The lowest BCUT2D eigenvalue weighted by atomic mass is 9.85. The number of carbonyl (C=O) groups excluding carboxylic acids is 1. The van der Waals surface area contributed by atoms with Gasteiger partial charge in [0.1, 0.15) is 5.75 Å². The second-order valence-corrected chi connectivity index (χ2v) is 7.74.